The zero-order chi connectivity index (χ0) is 17.3. The lowest BCUT2D eigenvalue weighted by Crippen LogP contribution is -2.19. The van der Waals surface area contributed by atoms with Crippen molar-refractivity contribution in [3.8, 4) is 0 Å². The van der Waals surface area contributed by atoms with Crippen LogP contribution in [0, 0.1) is 0 Å². The maximum absolute atomic E-state index is 12.8. The summed E-state index contributed by atoms with van der Waals surface area (Å²) in [6, 6.07) is 10.7. The van der Waals surface area contributed by atoms with Crippen LogP contribution in [0.15, 0.2) is 42.6 Å². The highest BCUT2D eigenvalue weighted by molar-refractivity contribution is 6.40. The first kappa shape index (κ1) is 16.8. The van der Waals surface area contributed by atoms with Crippen molar-refractivity contribution in [1.82, 2.24) is 14.3 Å². The predicted octanol–water partition coefficient (Wildman–Crippen LogP) is 3.96. The Balaban J connectivity index is 2.03. The predicted molar refractivity (Wildman–Crippen MR) is 97.0 cm³/mol. The van der Waals surface area contributed by atoms with Crippen LogP contribution < -0.4 is 5.32 Å². The van der Waals surface area contributed by atoms with Crippen LogP contribution in [0.5, 0.6) is 0 Å². The van der Waals surface area contributed by atoms with Gasteiger partial charge < -0.3 is 14.6 Å². The fraction of sp³-hybridized carbons (Fsp3) is 0.176. The Morgan fingerprint density at radius 2 is 1.88 bits per heavy atom. The number of pyridine rings is 1. The molecule has 1 N–H and O–H groups in total. The number of amides is 1. The number of hydrogen-bond acceptors (Lipinski definition) is 3. The minimum absolute atomic E-state index is 0.342. The Bertz CT molecular complexity index is 884. The van der Waals surface area contributed by atoms with Crippen LogP contribution in [0.3, 0.4) is 0 Å². The zero-order valence-corrected chi connectivity index (χ0v) is 14.8. The molecule has 0 radical (unpaired) electrons. The Hall–Kier alpha value is -2.08. The van der Waals surface area contributed by atoms with Crippen LogP contribution >= 0.6 is 23.2 Å². The Labute approximate surface area is 149 Å². The van der Waals surface area contributed by atoms with E-state index in [1.54, 1.807) is 18.2 Å². The van der Waals surface area contributed by atoms with Crippen molar-refractivity contribution >= 4 is 40.4 Å². The number of benzene rings is 1. The van der Waals surface area contributed by atoms with E-state index in [0.29, 0.717) is 33.6 Å². The molecular weight excluding hydrogens is 347 g/mol. The average molecular weight is 363 g/mol. The summed E-state index contributed by atoms with van der Waals surface area (Å²) < 4.78 is 1.91. The molecule has 7 heteroatoms. The van der Waals surface area contributed by atoms with Gasteiger partial charge in [0.05, 0.1) is 21.4 Å². The first-order valence-corrected chi connectivity index (χ1v) is 8.09. The molecule has 0 unspecified atom stereocenters. The standard InChI is InChI=1S/C17H16Cl2N4O/c1-22(2)10-13-16(20-14-8-3-4-9-23(13)14)17(24)21-15-11(18)6-5-7-12(15)19/h3-9H,10H2,1-2H3,(H,21,24). The summed E-state index contributed by atoms with van der Waals surface area (Å²) in [6.45, 7) is 0.574. The molecule has 3 rings (SSSR count). The van der Waals surface area contributed by atoms with E-state index in [1.807, 2.05) is 47.8 Å². The largest absolute Gasteiger partial charge is 0.318 e. The van der Waals surface area contributed by atoms with Gasteiger partial charge >= 0.3 is 0 Å². The summed E-state index contributed by atoms with van der Waals surface area (Å²) in [5.41, 5.74) is 2.26. The molecule has 0 saturated carbocycles. The van der Waals surface area contributed by atoms with Gasteiger partial charge in [-0.05, 0) is 38.4 Å². The Kier molecular flexibility index (Phi) is 4.76. The highest BCUT2D eigenvalue weighted by Crippen LogP contribution is 2.30. The number of aromatic nitrogens is 2. The average Bonchev–Trinajstić information content (AvgIpc) is 2.89. The molecule has 0 saturated heterocycles. The summed E-state index contributed by atoms with van der Waals surface area (Å²) in [6.07, 6.45) is 1.89. The fourth-order valence-corrected chi connectivity index (χ4v) is 2.96. The first-order valence-electron chi connectivity index (χ1n) is 7.33. The van der Waals surface area contributed by atoms with Crippen LogP contribution in [-0.4, -0.2) is 34.3 Å². The van der Waals surface area contributed by atoms with Crippen molar-refractivity contribution in [2.75, 3.05) is 19.4 Å². The van der Waals surface area contributed by atoms with Gasteiger partial charge in [0.25, 0.3) is 5.91 Å². The highest BCUT2D eigenvalue weighted by atomic mass is 35.5. The SMILES string of the molecule is CN(C)Cc1c(C(=O)Nc2c(Cl)cccc2Cl)nc2ccccn12. The maximum Gasteiger partial charge on any atom is 0.276 e. The van der Waals surface area contributed by atoms with Gasteiger partial charge in [0.15, 0.2) is 5.69 Å². The highest BCUT2D eigenvalue weighted by Gasteiger charge is 2.20. The van der Waals surface area contributed by atoms with Crippen LogP contribution in [0.4, 0.5) is 5.69 Å². The monoisotopic (exact) mass is 362 g/mol. The minimum Gasteiger partial charge on any atom is -0.318 e. The number of nitrogens with zero attached hydrogens (tertiary/aromatic N) is 3. The molecule has 0 aliphatic heterocycles. The third-order valence-corrected chi connectivity index (χ3v) is 4.14. The lowest BCUT2D eigenvalue weighted by molar-refractivity contribution is 0.102. The molecule has 124 valence electrons. The molecule has 3 aromatic rings. The minimum atomic E-state index is -0.342. The topological polar surface area (TPSA) is 49.6 Å². The second-order valence-corrected chi connectivity index (χ2v) is 6.44. The number of imidazole rings is 1. The normalized spacial score (nSPS) is 11.2. The number of hydrogen-bond donors (Lipinski definition) is 1. The van der Waals surface area contributed by atoms with Crippen molar-refractivity contribution in [1.29, 1.82) is 0 Å². The summed E-state index contributed by atoms with van der Waals surface area (Å²) in [4.78, 5) is 19.2. The smallest absolute Gasteiger partial charge is 0.276 e. The zero-order valence-electron chi connectivity index (χ0n) is 13.3. The van der Waals surface area contributed by atoms with E-state index in [0.717, 1.165) is 5.69 Å². The van der Waals surface area contributed by atoms with Gasteiger partial charge in [0.1, 0.15) is 5.65 Å². The number of halogens is 2. The number of carbonyl (C=O) groups excluding carboxylic acids is 1. The molecule has 24 heavy (non-hydrogen) atoms. The van der Waals surface area contributed by atoms with Crippen molar-refractivity contribution in [2.24, 2.45) is 0 Å². The fourth-order valence-electron chi connectivity index (χ4n) is 2.47. The lowest BCUT2D eigenvalue weighted by atomic mass is 10.2. The van der Waals surface area contributed by atoms with Crippen LogP contribution in [0.2, 0.25) is 10.0 Å². The van der Waals surface area contributed by atoms with Gasteiger partial charge in [-0.3, -0.25) is 4.79 Å². The van der Waals surface area contributed by atoms with Crippen molar-refractivity contribution in [2.45, 2.75) is 6.54 Å². The van der Waals surface area contributed by atoms with Crippen LogP contribution in [0.1, 0.15) is 16.2 Å². The van der Waals surface area contributed by atoms with E-state index in [9.17, 15) is 4.79 Å². The summed E-state index contributed by atoms with van der Waals surface area (Å²) >= 11 is 12.3. The van der Waals surface area contributed by atoms with Crippen LogP contribution in [-0.2, 0) is 6.54 Å². The number of fused-ring (bicyclic) bond motifs is 1. The number of carbonyl (C=O) groups is 1. The molecule has 1 amide bonds. The molecular formula is C17H16Cl2N4O. The molecule has 0 bridgehead atoms. The van der Waals surface area contributed by atoms with E-state index in [-0.39, 0.29) is 5.91 Å². The van der Waals surface area contributed by atoms with Gasteiger partial charge in [-0.25, -0.2) is 4.98 Å². The van der Waals surface area contributed by atoms with E-state index in [1.165, 1.54) is 0 Å². The third-order valence-electron chi connectivity index (χ3n) is 3.51. The van der Waals surface area contributed by atoms with Gasteiger partial charge in [-0.2, -0.15) is 0 Å². The van der Waals surface area contributed by atoms with E-state index in [4.69, 9.17) is 23.2 Å². The molecule has 0 fully saturated rings. The van der Waals surface area contributed by atoms with Crippen molar-refractivity contribution in [3.63, 3.8) is 0 Å². The second kappa shape index (κ2) is 6.81. The van der Waals surface area contributed by atoms with Gasteiger partial charge in [-0.15, -0.1) is 0 Å². The van der Waals surface area contributed by atoms with E-state index in [2.05, 4.69) is 10.3 Å². The number of anilines is 1. The van der Waals surface area contributed by atoms with Gasteiger partial charge in [0, 0.05) is 12.7 Å². The number of para-hydroxylation sites is 1. The molecule has 0 spiro atoms. The van der Waals surface area contributed by atoms with Crippen LogP contribution in [0.25, 0.3) is 5.65 Å². The molecule has 0 atom stereocenters. The van der Waals surface area contributed by atoms with E-state index < -0.39 is 0 Å². The van der Waals surface area contributed by atoms with Gasteiger partial charge in [-0.1, -0.05) is 35.3 Å². The molecule has 5 nitrogen and oxygen atoms in total. The summed E-state index contributed by atoms with van der Waals surface area (Å²) in [5, 5.41) is 3.54. The summed E-state index contributed by atoms with van der Waals surface area (Å²) in [7, 11) is 3.88. The molecule has 1 aromatic carbocycles. The van der Waals surface area contributed by atoms with Crippen molar-refractivity contribution in [3.05, 3.63) is 64.0 Å². The molecule has 0 aliphatic carbocycles. The Morgan fingerprint density at radius 3 is 2.54 bits per heavy atom. The maximum atomic E-state index is 12.8. The third kappa shape index (κ3) is 3.24. The quantitative estimate of drug-likeness (QED) is 0.764. The van der Waals surface area contributed by atoms with Gasteiger partial charge in [0.2, 0.25) is 0 Å². The first-order chi connectivity index (χ1) is 11.5. The lowest BCUT2D eigenvalue weighted by Gasteiger charge is -2.12. The number of nitrogens with one attached hydrogen (secondary N) is 1. The second-order valence-electron chi connectivity index (χ2n) is 5.62. The number of rotatable bonds is 4. The molecule has 2 aromatic heterocycles. The van der Waals surface area contributed by atoms with E-state index >= 15 is 0 Å². The molecule has 2 heterocycles. The molecule has 0 aliphatic rings. The van der Waals surface area contributed by atoms with Crippen molar-refractivity contribution < 1.29 is 4.79 Å². The summed E-state index contributed by atoms with van der Waals surface area (Å²) in [5.74, 6) is -0.342. The Morgan fingerprint density at radius 1 is 1.17 bits per heavy atom.